The van der Waals surface area contributed by atoms with Crippen LogP contribution >= 0.6 is 11.8 Å². The van der Waals surface area contributed by atoms with Gasteiger partial charge in [-0.05, 0) is 29.8 Å². The molecule has 0 unspecified atom stereocenters. The van der Waals surface area contributed by atoms with E-state index in [0.29, 0.717) is 5.37 Å². The summed E-state index contributed by atoms with van der Waals surface area (Å²) < 4.78 is 5.15. The maximum atomic E-state index is 5.15. The van der Waals surface area contributed by atoms with E-state index in [2.05, 4.69) is 53.9 Å². The van der Waals surface area contributed by atoms with Gasteiger partial charge in [0.15, 0.2) is 0 Å². The van der Waals surface area contributed by atoms with Crippen molar-refractivity contribution in [2.45, 2.75) is 10.3 Å². The zero-order valence-electron chi connectivity index (χ0n) is 10.7. The number of benzene rings is 2. The van der Waals surface area contributed by atoms with Crippen LogP contribution in [0, 0.1) is 0 Å². The van der Waals surface area contributed by atoms with Gasteiger partial charge in [0.05, 0.1) is 12.5 Å². The van der Waals surface area contributed by atoms with E-state index < -0.39 is 0 Å². The molecule has 1 N–H and O–H groups in total. The highest BCUT2D eigenvalue weighted by atomic mass is 32.2. The van der Waals surface area contributed by atoms with Gasteiger partial charge in [-0.25, -0.2) is 0 Å². The van der Waals surface area contributed by atoms with Crippen LogP contribution in [-0.4, -0.2) is 12.5 Å². The second-order valence-electron chi connectivity index (χ2n) is 4.31. The maximum Gasteiger partial charge on any atom is 0.118 e. The zero-order valence-corrected chi connectivity index (χ0v) is 11.5. The standard InChI is InChI=1S/C16H15NOS/c1-18-13-9-6-12(7-10-13)8-11-16-17-14-4-2-3-5-15(14)19-16/h2-11,16-17H,1H3/b11-8+/t16-/m0/s1. The van der Waals surface area contributed by atoms with Gasteiger partial charge in [-0.1, -0.05) is 48.2 Å². The first-order chi connectivity index (χ1) is 9.35. The van der Waals surface area contributed by atoms with Gasteiger partial charge in [0, 0.05) is 10.6 Å². The summed E-state index contributed by atoms with van der Waals surface area (Å²) in [6.07, 6.45) is 4.32. The Kier molecular flexibility index (Phi) is 3.47. The Bertz CT molecular complexity index is 567. The van der Waals surface area contributed by atoms with Gasteiger partial charge >= 0.3 is 0 Å². The SMILES string of the molecule is COc1ccc(/C=C/[C@H]2Nc3ccccc3S2)cc1. The molecule has 0 aliphatic carbocycles. The van der Waals surface area contributed by atoms with Crippen LogP contribution in [0.5, 0.6) is 5.75 Å². The van der Waals surface area contributed by atoms with Gasteiger partial charge in [0.1, 0.15) is 5.75 Å². The summed E-state index contributed by atoms with van der Waals surface area (Å²) in [4.78, 5) is 1.31. The van der Waals surface area contributed by atoms with E-state index in [1.165, 1.54) is 16.1 Å². The average Bonchev–Trinajstić information content (AvgIpc) is 2.88. The molecular weight excluding hydrogens is 254 g/mol. The number of fused-ring (bicyclic) bond motifs is 1. The highest BCUT2D eigenvalue weighted by molar-refractivity contribution is 8.00. The molecule has 3 rings (SSSR count). The Hall–Kier alpha value is -1.87. The largest absolute Gasteiger partial charge is 0.497 e. The summed E-state index contributed by atoms with van der Waals surface area (Å²) in [5, 5.41) is 3.78. The molecule has 19 heavy (non-hydrogen) atoms. The Labute approximate surface area is 117 Å². The van der Waals surface area contributed by atoms with E-state index >= 15 is 0 Å². The molecule has 0 fully saturated rings. The van der Waals surface area contributed by atoms with E-state index in [1.54, 1.807) is 7.11 Å². The molecule has 1 atom stereocenters. The van der Waals surface area contributed by atoms with Crippen LogP contribution in [0.25, 0.3) is 6.08 Å². The minimum Gasteiger partial charge on any atom is -0.497 e. The smallest absolute Gasteiger partial charge is 0.118 e. The first kappa shape index (κ1) is 12.2. The quantitative estimate of drug-likeness (QED) is 0.900. The number of thioether (sulfide) groups is 1. The van der Waals surface area contributed by atoms with Crippen molar-refractivity contribution in [1.29, 1.82) is 0 Å². The summed E-state index contributed by atoms with van der Waals surface area (Å²) in [5.41, 5.74) is 2.40. The van der Waals surface area contributed by atoms with Crippen molar-refractivity contribution in [3.05, 3.63) is 60.2 Å². The van der Waals surface area contributed by atoms with Gasteiger partial charge < -0.3 is 10.1 Å². The Balaban J connectivity index is 1.68. The number of para-hydroxylation sites is 1. The summed E-state index contributed by atoms with van der Waals surface area (Å²) in [7, 11) is 1.68. The molecule has 0 aromatic heterocycles. The molecule has 0 saturated carbocycles. The molecule has 0 saturated heterocycles. The highest BCUT2D eigenvalue weighted by Gasteiger charge is 2.17. The lowest BCUT2D eigenvalue weighted by molar-refractivity contribution is 0.415. The third-order valence-electron chi connectivity index (χ3n) is 3.02. The van der Waals surface area contributed by atoms with Crippen molar-refractivity contribution in [2.75, 3.05) is 12.4 Å². The fraction of sp³-hybridized carbons (Fsp3) is 0.125. The Morgan fingerprint density at radius 1 is 1.11 bits per heavy atom. The fourth-order valence-corrected chi connectivity index (χ4v) is 3.04. The van der Waals surface area contributed by atoms with E-state index in [1.807, 2.05) is 23.9 Å². The van der Waals surface area contributed by atoms with E-state index in [0.717, 1.165) is 5.75 Å². The maximum absolute atomic E-state index is 5.15. The lowest BCUT2D eigenvalue weighted by Crippen LogP contribution is -2.05. The molecule has 3 heteroatoms. The van der Waals surface area contributed by atoms with Crippen LogP contribution in [0.2, 0.25) is 0 Å². The van der Waals surface area contributed by atoms with Crippen molar-refractivity contribution in [3.8, 4) is 5.75 Å². The number of ether oxygens (including phenoxy) is 1. The van der Waals surface area contributed by atoms with Gasteiger partial charge in [0.2, 0.25) is 0 Å². The van der Waals surface area contributed by atoms with Gasteiger partial charge in [-0.15, -0.1) is 0 Å². The van der Waals surface area contributed by atoms with E-state index in [9.17, 15) is 0 Å². The monoisotopic (exact) mass is 269 g/mol. The highest BCUT2D eigenvalue weighted by Crippen LogP contribution is 2.38. The number of methoxy groups -OCH3 is 1. The number of anilines is 1. The number of rotatable bonds is 3. The molecule has 0 amide bonds. The molecule has 1 aliphatic rings. The van der Waals surface area contributed by atoms with Crippen molar-refractivity contribution in [2.24, 2.45) is 0 Å². The third-order valence-corrected chi connectivity index (χ3v) is 4.16. The van der Waals surface area contributed by atoms with Crippen LogP contribution in [0.3, 0.4) is 0 Å². The van der Waals surface area contributed by atoms with Crippen LogP contribution < -0.4 is 10.1 Å². The minimum absolute atomic E-state index is 0.305. The van der Waals surface area contributed by atoms with Gasteiger partial charge in [-0.2, -0.15) is 0 Å². The molecule has 0 radical (unpaired) electrons. The lowest BCUT2D eigenvalue weighted by Gasteiger charge is -2.04. The summed E-state index contributed by atoms with van der Waals surface area (Å²) in [6, 6.07) is 16.5. The summed E-state index contributed by atoms with van der Waals surface area (Å²) in [5.74, 6) is 0.887. The Morgan fingerprint density at radius 2 is 1.89 bits per heavy atom. The van der Waals surface area contributed by atoms with Gasteiger partial charge in [0.25, 0.3) is 0 Å². The summed E-state index contributed by atoms with van der Waals surface area (Å²) in [6.45, 7) is 0. The first-order valence-corrected chi connectivity index (χ1v) is 7.07. The second-order valence-corrected chi connectivity index (χ2v) is 5.49. The topological polar surface area (TPSA) is 21.3 Å². The predicted octanol–water partition coefficient (Wildman–Crippen LogP) is 4.25. The number of hydrogen-bond donors (Lipinski definition) is 1. The predicted molar refractivity (Wildman–Crippen MR) is 81.7 cm³/mol. The normalized spacial score (nSPS) is 17.2. The molecule has 96 valence electrons. The van der Waals surface area contributed by atoms with Crippen molar-refractivity contribution in [1.82, 2.24) is 0 Å². The molecule has 1 heterocycles. The van der Waals surface area contributed by atoms with Crippen LogP contribution in [0.1, 0.15) is 5.56 Å². The van der Waals surface area contributed by atoms with Crippen LogP contribution in [-0.2, 0) is 0 Å². The van der Waals surface area contributed by atoms with E-state index in [-0.39, 0.29) is 0 Å². The molecule has 2 aromatic carbocycles. The molecule has 2 aromatic rings. The minimum atomic E-state index is 0.305. The fourth-order valence-electron chi connectivity index (χ4n) is 2.01. The molecule has 1 aliphatic heterocycles. The second kappa shape index (κ2) is 5.41. The molecule has 0 spiro atoms. The zero-order chi connectivity index (χ0) is 13.1. The number of nitrogens with one attached hydrogen (secondary N) is 1. The van der Waals surface area contributed by atoms with Gasteiger partial charge in [-0.3, -0.25) is 0 Å². The first-order valence-electron chi connectivity index (χ1n) is 6.19. The van der Waals surface area contributed by atoms with Crippen molar-refractivity contribution < 1.29 is 4.74 Å². The average molecular weight is 269 g/mol. The molecule has 0 bridgehead atoms. The lowest BCUT2D eigenvalue weighted by atomic mass is 10.2. The summed E-state index contributed by atoms with van der Waals surface area (Å²) >= 11 is 1.84. The van der Waals surface area contributed by atoms with Crippen LogP contribution in [0.4, 0.5) is 5.69 Å². The van der Waals surface area contributed by atoms with Crippen molar-refractivity contribution in [3.63, 3.8) is 0 Å². The number of hydrogen-bond acceptors (Lipinski definition) is 3. The Morgan fingerprint density at radius 3 is 2.63 bits per heavy atom. The van der Waals surface area contributed by atoms with Crippen molar-refractivity contribution >= 4 is 23.5 Å². The van der Waals surface area contributed by atoms with E-state index in [4.69, 9.17) is 4.74 Å². The van der Waals surface area contributed by atoms with Crippen LogP contribution in [0.15, 0.2) is 59.5 Å². The molecule has 2 nitrogen and oxygen atoms in total. The molecular formula is C16H15NOS. The third kappa shape index (κ3) is 2.76.